The van der Waals surface area contributed by atoms with Gasteiger partial charge in [0.1, 0.15) is 11.4 Å². The number of ether oxygens (including phenoxy) is 1. The quantitative estimate of drug-likeness (QED) is 0.810. The molecule has 0 aliphatic carbocycles. The van der Waals surface area contributed by atoms with Gasteiger partial charge >= 0.3 is 6.09 Å². The molecule has 0 aromatic carbocycles. The van der Waals surface area contributed by atoms with E-state index in [1.54, 1.807) is 11.1 Å². The molecule has 1 aliphatic heterocycles. The Hall–Kier alpha value is -1.91. The zero-order chi connectivity index (χ0) is 17.7. The van der Waals surface area contributed by atoms with Gasteiger partial charge in [-0.05, 0) is 65.5 Å². The number of anilines is 1. The van der Waals surface area contributed by atoms with Crippen molar-refractivity contribution in [2.45, 2.75) is 71.9 Å². The lowest BCUT2D eigenvalue weighted by Crippen LogP contribution is -2.43. The van der Waals surface area contributed by atoms with Crippen LogP contribution in [-0.4, -0.2) is 35.0 Å². The summed E-state index contributed by atoms with van der Waals surface area (Å²) >= 11 is 0. The van der Waals surface area contributed by atoms with Crippen molar-refractivity contribution in [3.8, 4) is 0 Å². The number of carbonyl (C=O) groups is 1. The van der Waals surface area contributed by atoms with E-state index in [0.29, 0.717) is 5.82 Å². The van der Waals surface area contributed by atoms with Gasteiger partial charge in [0, 0.05) is 30.1 Å². The molecule has 1 aromatic heterocycles. The number of amides is 1. The molecule has 1 atom stereocenters. The van der Waals surface area contributed by atoms with Crippen LogP contribution in [0.4, 0.5) is 10.6 Å². The van der Waals surface area contributed by atoms with Crippen LogP contribution in [0.2, 0.25) is 0 Å². The molecule has 0 radical (unpaired) electrons. The maximum absolute atomic E-state index is 12.8. The second-order valence-electron chi connectivity index (χ2n) is 7.27. The first-order valence-electron chi connectivity index (χ1n) is 8.84. The molecule has 0 saturated heterocycles. The Morgan fingerprint density at radius 3 is 2.71 bits per heavy atom. The minimum absolute atomic E-state index is 0.00214. The topological polar surface area (TPSA) is 54.8 Å². The predicted molar refractivity (Wildman–Crippen MR) is 98.0 cm³/mol. The van der Waals surface area contributed by atoms with Crippen LogP contribution in [0.1, 0.15) is 65.9 Å². The molecule has 24 heavy (non-hydrogen) atoms. The molecule has 0 N–H and O–H groups in total. The maximum atomic E-state index is 12.8. The largest absolute Gasteiger partial charge is 0.443 e. The zero-order valence-corrected chi connectivity index (χ0v) is 15.5. The third-order valence-electron chi connectivity index (χ3n) is 4.07. The van der Waals surface area contributed by atoms with Crippen molar-refractivity contribution in [3.63, 3.8) is 0 Å². The molecule has 1 aromatic rings. The van der Waals surface area contributed by atoms with Gasteiger partial charge < -0.3 is 4.74 Å². The third-order valence-corrected chi connectivity index (χ3v) is 4.07. The summed E-state index contributed by atoms with van der Waals surface area (Å²) in [6.07, 6.45) is 5.38. The van der Waals surface area contributed by atoms with Crippen molar-refractivity contribution in [1.29, 1.82) is 0 Å². The fourth-order valence-electron chi connectivity index (χ4n) is 2.70. The fourth-order valence-corrected chi connectivity index (χ4v) is 2.70. The summed E-state index contributed by atoms with van der Waals surface area (Å²) in [5.41, 5.74) is 1.45. The van der Waals surface area contributed by atoms with Crippen LogP contribution in [0.3, 0.4) is 0 Å². The highest BCUT2D eigenvalue weighted by Crippen LogP contribution is 2.26. The highest BCUT2D eigenvalue weighted by atomic mass is 16.6. The smallest absolute Gasteiger partial charge is 0.416 e. The van der Waals surface area contributed by atoms with E-state index in [2.05, 4.69) is 16.9 Å². The van der Waals surface area contributed by atoms with Gasteiger partial charge in [0.2, 0.25) is 0 Å². The van der Waals surface area contributed by atoms with E-state index in [1.807, 2.05) is 39.8 Å². The van der Waals surface area contributed by atoms with Crippen LogP contribution in [0.25, 0.3) is 0 Å². The predicted octanol–water partition coefficient (Wildman–Crippen LogP) is 4.59. The Morgan fingerprint density at radius 1 is 1.38 bits per heavy atom. The van der Waals surface area contributed by atoms with Gasteiger partial charge in [0.05, 0.1) is 0 Å². The summed E-state index contributed by atoms with van der Waals surface area (Å²) in [7, 11) is 0. The molecule has 1 aliphatic rings. The van der Waals surface area contributed by atoms with Crippen molar-refractivity contribution in [1.82, 2.24) is 4.98 Å². The molecular weight excluding hydrogens is 302 g/mol. The number of aliphatic imine (C=N–C) groups is 1. The number of aromatic nitrogens is 1. The van der Waals surface area contributed by atoms with E-state index < -0.39 is 5.60 Å². The van der Waals surface area contributed by atoms with E-state index in [0.717, 1.165) is 43.5 Å². The molecular formula is C19H29N3O2. The third kappa shape index (κ3) is 4.56. The zero-order valence-electron chi connectivity index (χ0n) is 15.5. The standard InChI is InChI=1S/C19H29N3O2/c1-6-14(2)22(18(23)24-19(3,4)5)17-15(10-9-13-21-17)16-11-7-8-12-20-16/h9-10,13-14H,6-8,11-12H2,1-5H3/t14-/m1/s1. The Bertz CT molecular complexity index is 605. The van der Waals surface area contributed by atoms with Crippen molar-refractivity contribution in [2.24, 2.45) is 4.99 Å². The molecule has 0 fully saturated rings. The first kappa shape index (κ1) is 18.4. The lowest BCUT2D eigenvalue weighted by Gasteiger charge is -2.32. The average Bonchev–Trinajstić information content (AvgIpc) is 2.54. The van der Waals surface area contributed by atoms with E-state index in [4.69, 9.17) is 4.74 Å². The van der Waals surface area contributed by atoms with Gasteiger partial charge in [-0.1, -0.05) is 6.92 Å². The Balaban J connectivity index is 2.43. The van der Waals surface area contributed by atoms with E-state index in [9.17, 15) is 4.79 Å². The van der Waals surface area contributed by atoms with Crippen LogP contribution in [0.15, 0.2) is 23.3 Å². The number of carbonyl (C=O) groups excluding carboxylic acids is 1. The molecule has 1 amide bonds. The van der Waals surface area contributed by atoms with Crippen LogP contribution in [0, 0.1) is 0 Å². The second kappa shape index (κ2) is 7.77. The second-order valence-corrected chi connectivity index (χ2v) is 7.27. The van der Waals surface area contributed by atoms with E-state index >= 15 is 0 Å². The van der Waals surface area contributed by atoms with Crippen molar-refractivity contribution < 1.29 is 9.53 Å². The molecule has 0 unspecified atom stereocenters. The molecule has 132 valence electrons. The summed E-state index contributed by atoms with van der Waals surface area (Å²) in [5.74, 6) is 0.654. The van der Waals surface area contributed by atoms with E-state index in [-0.39, 0.29) is 12.1 Å². The van der Waals surface area contributed by atoms with Gasteiger partial charge in [-0.15, -0.1) is 0 Å². The molecule has 0 saturated carbocycles. The summed E-state index contributed by atoms with van der Waals surface area (Å²) in [6.45, 7) is 10.6. The minimum Gasteiger partial charge on any atom is -0.443 e. The van der Waals surface area contributed by atoms with Crippen molar-refractivity contribution >= 4 is 17.6 Å². The molecule has 2 rings (SSSR count). The number of hydrogen-bond donors (Lipinski definition) is 0. The number of rotatable bonds is 4. The first-order chi connectivity index (χ1) is 11.3. The SMILES string of the molecule is CC[C@@H](C)N(C(=O)OC(C)(C)C)c1ncccc1C1=NCCCC1. The summed E-state index contributed by atoms with van der Waals surface area (Å²) < 4.78 is 5.63. The molecule has 0 spiro atoms. The van der Waals surface area contributed by atoms with Crippen molar-refractivity contribution in [3.05, 3.63) is 23.9 Å². The molecule has 5 nitrogen and oxygen atoms in total. The van der Waals surface area contributed by atoms with Crippen LogP contribution >= 0.6 is 0 Å². The molecule has 2 heterocycles. The molecule has 0 bridgehead atoms. The number of hydrogen-bond acceptors (Lipinski definition) is 4. The lowest BCUT2D eigenvalue weighted by atomic mass is 10.0. The van der Waals surface area contributed by atoms with Gasteiger partial charge in [-0.3, -0.25) is 9.89 Å². The first-order valence-corrected chi connectivity index (χ1v) is 8.84. The summed E-state index contributed by atoms with van der Waals surface area (Å²) in [4.78, 5) is 23.7. The minimum atomic E-state index is -0.542. The maximum Gasteiger partial charge on any atom is 0.416 e. The van der Waals surface area contributed by atoms with E-state index in [1.165, 1.54) is 0 Å². The fraction of sp³-hybridized carbons (Fsp3) is 0.632. The Labute approximate surface area is 145 Å². The average molecular weight is 331 g/mol. The highest BCUT2D eigenvalue weighted by molar-refractivity contribution is 6.07. The lowest BCUT2D eigenvalue weighted by molar-refractivity contribution is 0.0566. The highest BCUT2D eigenvalue weighted by Gasteiger charge is 2.30. The van der Waals surface area contributed by atoms with Crippen molar-refractivity contribution in [2.75, 3.05) is 11.4 Å². The van der Waals surface area contributed by atoms with Gasteiger partial charge in [0.15, 0.2) is 0 Å². The monoisotopic (exact) mass is 331 g/mol. The normalized spacial score (nSPS) is 16.3. The number of pyridine rings is 1. The van der Waals surface area contributed by atoms with Gasteiger partial charge in [-0.25, -0.2) is 9.78 Å². The van der Waals surface area contributed by atoms with Crippen LogP contribution in [0.5, 0.6) is 0 Å². The summed E-state index contributed by atoms with van der Waals surface area (Å²) in [6, 6.07) is 3.91. The summed E-state index contributed by atoms with van der Waals surface area (Å²) in [5, 5.41) is 0. The Morgan fingerprint density at radius 2 is 2.12 bits per heavy atom. The van der Waals surface area contributed by atoms with Crippen LogP contribution in [-0.2, 0) is 4.74 Å². The number of nitrogens with zero attached hydrogens (tertiary/aromatic N) is 3. The molecule has 5 heteroatoms. The van der Waals surface area contributed by atoms with Gasteiger partial charge in [0.25, 0.3) is 0 Å². The Kier molecular flexibility index (Phi) is 5.97. The van der Waals surface area contributed by atoms with Gasteiger partial charge in [-0.2, -0.15) is 0 Å². The van der Waals surface area contributed by atoms with Crippen LogP contribution < -0.4 is 4.90 Å².